The summed E-state index contributed by atoms with van der Waals surface area (Å²) in [4.78, 5) is 39.0. The van der Waals surface area contributed by atoms with E-state index in [2.05, 4.69) is 11.4 Å². The van der Waals surface area contributed by atoms with Crippen LogP contribution in [0.15, 0.2) is 72.3 Å². The number of para-hydroxylation sites is 1. The second-order valence-electron chi connectivity index (χ2n) is 7.98. The third kappa shape index (κ3) is 4.83. The summed E-state index contributed by atoms with van der Waals surface area (Å²) in [7, 11) is 1.54. The van der Waals surface area contributed by atoms with Crippen LogP contribution < -0.4 is 19.7 Å². The van der Waals surface area contributed by atoms with Crippen molar-refractivity contribution in [2.75, 3.05) is 12.0 Å². The van der Waals surface area contributed by atoms with Gasteiger partial charge in [-0.25, -0.2) is 9.69 Å². The molecule has 3 aromatic rings. The van der Waals surface area contributed by atoms with E-state index in [0.29, 0.717) is 29.4 Å². The van der Waals surface area contributed by atoms with Crippen LogP contribution in [0.1, 0.15) is 22.3 Å². The summed E-state index contributed by atoms with van der Waals surface area (Å²) < 4.78 is 11.4. The van der Waals surface area contributed by atoms with Gasteiger partial charge in [-0.15, -0.1) is 0 Å². The smallest absolute Gasteiger partial charge is 0.335 e. The largest absolute Gasteiger partial charge is 0.497 e. The number of carbonyl (C=O) groups excluding carboxylic acids is 3. The summed E-state index contributed by atoms with van der Waals surface area (Å²) in [5.41, 5.74) is 3.94. The molecule has 7 nitrogen and oxygen atoms in total. The topological polar surface area (TPSA) is 84.9 Å². The van der Waals surface area contributed by atoms with Gasteiger partial charge in [0.25, 0.3) is 11.8 Å². The minimum Gasteiger partial charge on any atom is -0.497 e. The summed E-state index contributed by atoms with van der Waals surface area (Å²) in [6.07, 6.45) is 1.43. The summed E-state index contributed by atoms with van der Waals surface area (Å²) >= 11 is 0. The van der Waals surface area contributed by atoms with E-state index in [0.717, 1.165) is 21.6 Å². The molecule has 1 saturated heterocycles. The normalized spacial score (nSPS) is 14.9. The Hall–Kier alpha value is -4.39. The molecule has 7 heteroatoms. The molecule has 0 aliphatic carbocycles. The van der Waals surface area contributed by atoms with Crippen molar-refractivity contribution in [1.29, 1.82) is 0 Å². The molecule has 0 aromatic heterocycles. The number of urea groups is 1. The second-order valence-corrected chi connectivity index (χ2v) is 7.98. The van der Waals surface area contributed by atoms with E-state index in [4.69, 9.17) is 9.47 Å². The van der Waals surface area contributed by atoms with Crippen molar-refractivity contribution in [3.05, 3.63) is 94.6 Å². The zero-order valence-electron chi connectivity index (χ0n) is 19.1. The first kappa shape index (κ1) is 22.8. The van der Waals surface area contributed by atoms with Gasteiger partial charge >= 0.3 is 6.03 Å². The number of methoxy groups -OCH3 is 1. The Kier molecular flexibility index (Phi) is 6.45. The Labute approximate surface area is 197 Å². The molecule has 0 bridgehead atoms. The molecule has 3 aromatic carbocycles. The van der Waals surface area contributed by atoms with E-state index in [-0.39, 0.29) is 5.57 Å². The molecular formula is C27H24N2O5. The summed E-state index contributed by atoms with van der Waals surface area (Å²) in [6, 6.07) is 18.9. The average molecular weight is 456 g/mol. The van der Waals surface area contributed by atoms with Crippen LogP contribution in [0.5, 0.6) is 11.5 Å². The van der Waals surface area contributed by atoms with Gasteiger partial charge in [0.1, 0.15) is 23.7 Å². The first-order chi connectivity index (χ1) is 16.4. The maximum atomic E-state index is 13.2. The number of anilines is 1. The van der Waals surface area contributed by atoms with Gasteiger partial charge in [-0.2, -0.15) is 0 Å². The molecule has 1 aliphatic heterocycles. The Bertz CT molecular complexity index is 1280. The van der Waals surface area contributed by atoms with Crippen LogP contribution in [0.4, 0.5) is 10.5 Å². The molecule has 172 valence electrons. The van der Waals surface area contributed by atoms with E-state index >= 15 is 0 Å². The van der Waals surface area contributed by atoms with Crippen LogP contribution in [-0.4, -0.2) is 25.0 Å². The van der Waals surface area contributed by atoms with Crippen LogP contribution in [0.3, 0.4) is 0 Å². The molecule has 0 spiro atoms. The molecule has 4 amide bonds. The zero-order chi connectivity index (χ0) is 24.2. The van der Waals surface area contributed by atoms with Crippen LogP contribution in [0.25, 0.3) is 6.08 Å². The van der Waals surface area contributed by atoms with Crippen molar-refractivity contribution in [3.63, 3.8) is 0 Å². The number of aryl methyl sites for hydroxylation is 2. The lowest BCUT2D eigenvalue weighted by Crippen LogP contribution is -2.54. The van der Waals surface area contributed by atoms with Crippen molar-refractivity contribution in [3.8, 4) is 11.5 Å². The monoisotopic (exact) mass is 456 g/mol. The van der Waals surface area contributed by atoms with Crippen LogP contribution in [0.2, 0.25) is 0 Å². The zero-order valence-corrected chi connectivity index (χ0v) is 19.1. The number of imide groups is 2. The van der Waals surface area contributed by atoms with Gasteiger partial charge in [-0.1, -0.05) is 47.5 Å². The molecule has 1 fully saturated rings. The van der Waals surface area contributed by atoms with E-state index in [1.54, 1.807) is 55.6 Å². The Morgan fingerprint density at radius 3 is 2.29 bits per heavy atom. The van der Waals surface area contributed by atoms with Gasteiger partial charge < -0.3 is 9.47 Å². The highest BCUT2D eigenvalue weighted by Crippen LogP contribution is 2.29. The molecule has 0 radical (unpaired) electrons. The van der Waals surface area contributed by atoms with Crippen molar-refractivity contribution in [1.82, 2.24) is 5.32 Å². The molecule has 4 rings (SSSR count). The lowest BCUT2D eigenvalue weighted by Gasteiger charge is -2.26. The quantitative estimate of drug-likeness (QED) is 0.434. The molecular weight excluding hydrogens is 432 g/mol. The maximum absolute atomic E-state index is 13.2. The van der Waals surface area contributed by atoms with E-state index in [1.165, 1.54) is 6.08 Å². The van der Waals surface area contributed by atoms with Crippen molar-refractivity contribution >= 4 is 29.6 Å². The fourth-order valence-corrected chi connectivity index (χ4v) is 3.82. The predicted octanol–water partition coefficient (Wildman–Crippen LogP) is 4.56. The number of amides is 4. The fraction of sp³-hybridized carbons (Fsp3) is 0.148. The Balaban J connectivity index is 1.68. The Morgan fingerprint density at radius 2 is 1.62 bits per heavy atom. The standard InChI is InChI=1S/C27H24N2O5/c1-17-11-18(2)13-19(12-17)16-34-24-15-22(33-3)10-9-20(24)14-23-25(30)28-27(32)29(26(23)31)21-7-5-4-6-8-21/h4-15H,16H2,1-3H3,(H,28,30,32)/b23-14+. The average Bonchev–Trinajstić information content (AvgIpc) is 2.81. The third-order valence-electron chi connectivity index (χ3n) is 5.31. The number of hydrogen-bond donors (Lipinski definition) is 1. The number of nitrogens with one attached hydrogen (secondary N) is 1. The maximum Gasteiger partial charge on any atom is 0.335 e. The fourth-order valence-electron chi connectivity index (χ4n) is 3.82. The van der Waals surface area contributed by atoms with Crippen LogP contribution in [-0.2, 0) is 16.2 Å². The number of nitrogens with zero attached hydrogens (tertiary/aromatic N) is 1. The predicted molar refractivity (Wildman–Crippen MR) is 129 cm³/mol. The minimum absolute atomic E-state index is 0.176. The lowest BCUT2D eigenvalue weighted by atomic mass is 10.1. The second kappa shape index (κ2) is 9.62. The molecule has 1 aliphatic rings. The summed E-state index contributed by atoms with van der Waals surface area (Å²) in [5.74, 6) is -0.470. The van der Waals surface area contributed by atoms with Crippen LogP contribution >= 0.6 is 0 Å². The number of ether oxygens (including phenoxy) is 2. The number of rotatable bonds is 6. The molecule has 0 atom stereocenters. The van der Waals surface area contributed by atoms with Crippen LogP contribution in [0, 0.1) is 13.8 Å². The van der Waals surface area contributed by atoms with Gasteiger partial charge in [0.15, 0.2) is 0 Å². The van der Waals surface area contributed by atoms with Crippen molar-refractivity contribution in [2.24, 2.45) is 0 Å². The van der Waals surface area contributed by atoms with Crippen molar-refractivity contribution in [2.45, 2.75) is 20.5 Å². The highest BCUT2D eigenvalue weighted by atomic mass is 16.5. The highest BCUT2D eigenvalue weighted by Gasteiger charge is 2.36. The third-order valence-corrected chi connectivity index (χ3v) is 5.31. The van der Waals surface area contributed by atoms with E-state index < -0.39 is 17.8 Å². The number of carbonyl (C=O) groups is 3. The molecule has 0 saturated carbocycles. The van der Waals surface area contributed by atoms with E-state index in [9.17, 15) is 14.4 Å². The number of hydrogen-bond acceptors (Lipinski definition) is 5. The Morgan fingerprint density at radius 1 is 0.912 bits per heavy atom. The van der Waals surface area contributed by atoms with E-state index in [1.807, 2.05) is 26.0 Å². The molecule has 0 unspecified atom stereocenters. The van der Waals surface area contributed by atoms with Gasteiger partial charge in [-0.05, 0) is 49.8 Å². The van der Waals surface area contributed by atoms with Crippen molar-refractivity contribution < 1.29 is 23.9 Å². The highest BCUT2D eigenvalue weighted by molar-refractivity contribution is 6.39. The minimum atomic E-state index is -0.792. The van der Waals surface area contributed by atoms with Gasteiger partial charge in [-0.3, -0.25) is 14.9 Å². The number of barbiturate groups is 1. The first-order valence-electron chi connectivity index (χ1n) is 10.7. The van der Waals surface area contributed by atoms with Gasteiger partial charge in [0, 0.05) is 11.6 Å². The van der Waals surface area contributed by atoms with Gasteiger partial charge in [0.2, 0.25) is 0 Å². The first-order valence-corrected chi connectivity index (χ1v) is 10.7. The number of benzene rings is 3. The summed E-state index contributed by atoms with van der Waals surface area (Å²) in [5, 5.41) is 2.23. The SMILES string of the molecule is COc1ccc(/C=C2\C(=O)NC(=O)N(c3ccccc3)C2=O)c(OCc2cc(C)cc(C)c2)c1. The molecule has 1 heterocycles. The lowest BCUT2D eigenvalue weighted by molar-refractivity contribution is -0.122. The van der Waals surface area contributed by atoms with Gasteiger partial charge in [0.05, 0.1) is 12.8 Å². The molecule has 34 heavy (non-hydrogen) atoms. The summed E-state index contributed by atoms with van der Waals surface area (Å²) in [6.45, 7) is 4.33. The molecule has 1 N–H and O–H groups in total.